The van der Waals surface area contributed by atoms with Crippen LogP contribution in [0.25, 0.3) is 0 Å². The van der Waals surface area contributed by atoms with Gasteiger partial charge in [0.1, 0.15) is 5.15 Å². The molecule has 0 atom stereocenters. The molecule has 1 N–H and O–H groups in total. The molecule has 1 aromatic heterocycles. The fraction of sp³-hybridized carbons (Fsp3) is 0.158. The molecule has 24 heavy (non-hydrogen) atoms. The van der Waals surface area contributed by atoms with Gasteiger partial charge in [0.25, 0.3) is 5.91 Å². The lowest BCUT2D eigenvalue weighted by Crippen LogP contribution is -2.13. The zero-order valence-corrected chi connectivity index (χ0v) is 14.3. The first-order valence-corrected chi connectivity index (χ1v) is 8.07. The number of anilines is 1. The van der Waals surface area contributed by atoms with E-state index < -0.39 is 0 Å². The van der Waals surface area contributed by atoms with Crippen molar-refractivity contribution in [2.75, 3.05) is 5.32 Å². The predicted octanol–water partition coefficient (Wildman–Crippen LogP) is 4.45. The topological polar surface area (TPSA) is 46.9 Å². The third kappa shape index (κ3) is 3.49. The molecule has 0 fully saturated rings. The van der Waals surface area contributed by atoms with Crippen molar-refractivity contribution in [3.63, 3.8) is 0 Å². The molecule has 1 amide bonds. The normalized spacial score (nSPS) is 10.6. The smallest absolute Gasteiger partial charge is 0.260 e. The quantitative estimate of drug-likeness (QED) is 0.763. The Bertz CT molecular complexity index is 854. The fourth-order valence-electron chi connectivity index (χ4n) is 2.50. The summed E-state index contributed by atoms with van der Waals surface area (Å²) in [5.74, 6) is -0.249. The third-order valence-electron chi connectivity index (χ3n) is 3.78. The Morgan fingerprint density at radius 2 is 1.75 bits per heavy atom. The number of carbonyl (C=O) groups excluding carboxylic acids is 1. The van der Waals surface area contributed by atoms with Gasteiger partial charge in [-0.1, -0.05) is 59.6 Å². The molecule has 0 aliphatic heterocycles. The predicted molar refractivity (Wildman–Crippen MR) is 96.7 cm³/mol. The van der Waals surface area contributed by atoms with E-state index in [9.17, 15) is 4.79 Å². The van der Waals surface area contributed by atoms with Gasteiger partial charge >= 0.3 is 0 Å². The van der Waals surface area contributed by atoms with Gasteiger partial charge in [0, 0.05) is 5.69 Å². The lowest BCUT2D eigenvalue weighted by Gasteiger charge is -2.06. The van der Waals surface area contributed by atoms with Crippen molar-refractivity contribution >= 4 is 23.2 Å². The van der Waals surface area contributed by atoms with Crippen LogP contribution in [0.1, 0.15) is 27.2 Å². The van der Waals surface area contributed by atoms with E-state index in [1.165, 1.54) is 0 Å². The second-order valence-corrected chi connectivity index (χ2v) is 6.07. The molecule has 0 saturated heterocycles. The van der Waals surface area contributed by atoms with Crippen molar-refractivity contribution < 1.29 is 4.79 Å². The van der Waals surface area contributed by atoms with Gasteiger partial charge in [-0.25, -0.2) is 4.68 Å². The van der Waals surface area contributed by atoms with Gasteiger partial charge in [-0.15, -0.1) is 0 Å². The van der Waals surface area contributed by atoms with Gasteiger partial charge in [-0.3, -0.25) is 4.79 Å². The summed E-state index contributed by atoms with van der Waals surface area (Å²) < 4.78 is 1.65. The molecule has 2 aromatic carbocycles. The average molecular weight is 340 g/mol. The van der Waals surface area contributed by atoms with E-state index in [0.29, 0.717) is 23.0 Å². The van der Waals surface area contributed by atoms with E-state index in [4.69, 9.17) is 11.6 Å². The maximum absolute atomic E-state index is 12.6. The number of rotatable bonds is 4. The maximum Gasteiger partial charge on any atom is 0.260 e. The molecule has 0 radical (unpaired) electrons. The Morgan fingerprint density at radius 1 is 1.08 bits per heavy atom. The van der Waals surface area contributed by atoms with Crippen LogP contribution in [-0.2, 0) is 6.54 Å². The molecule has 0 spiro atoms. The van der Waals surface area contributed by atoms with Crippen LogP contribution in [0.2, 0.25) is 5.15 Å². The molecule has 0 unspecified atom stereocenters. The summed E-state index contributed by atoms with van der Waals surface area (Å²) in [5.41, 5.74) is 3.97. The highest BCUT2D eigenvalue weighted by Crippen LogP contribution is 2.22. The molecule has 0 aliphatic carbocycles. The largest absolute Gasteiger partial charge is 0.322 e. The highest BCUT2D eigenvalue weighted by atomic mass is 35.5. The van der Waals surface area contributed by atoms with E-state index in [1.54, 1.807) is 11.6 Å². The van der Waals surface area contributed by atoms with Crippen molar-refractivity contribution in [1.29, 1.82) is 0 Å². The number of aryl methyl sites for hydroxylation is 2. The van der Waals surface area contributed by atoms with Crippen LogP contribution < -0.4 is 5.32 Å². The van der Waals surface area contributed by atoms with E-state index in [0.717, 1.165) is 16.8 Å². The SMILES string of the molecule is Cc1ccc(NC(=O)c2c(C)nn(Cc3ccccc3)c2Cl)cc1. The maximum atomic E-state index is 12.6. The standard InChI is InChI=1S/C19H18ClN3O/c1-13-8-10-16(11-9-13)21-19(24)17-14(2)22-23(18(17)20)12-15-6-4-3-5-7-15/h3-11H,12H2,1-2H3,(H,21,24). The minimum atomic E-state index is -0.249. The number of nitrogens with zero attached hydrogens (tertiary/aromatic N) is 2. The zero-order chi connectivity index (χ0) is 17.1. The zero-order valence-electron chi connectivity index (χ0n) is 13.6. The van der Waals surface area contributed by atoms with Crippen LogP contribution in [0.5, 0.6) is 0 Å². The molecule has 0 saturated carbocycles. The number of halogens is 1. The van der Waals surface area contributed by atoms with Crippen molar-refractivity contribution in [1.82, 2.24) is 9.78 Å². The first-order valence-electron chi connectivity index (χ1n) is 7.69. The molecule has 4 nitrogen and oxygen atoms in total. The monoisotopic (exact) mass is 339 g/mol. The molecule has 3 aromatic rings. The van der Waals surface area contributed by atoms with E-state index in [-0.39, 0.29) is 5.91 Å². The lowest BCUT2D eigenvalue weighted by atomic mass is 10.2. The summed E-state index contributed by atoms with van der Waals surface area (Å²) in [6, 6.07) is 17.5. The lowest BCUT2D eigenvalue weighted by molar-refractivity contribution is 0.102. The Labute approximate surface area is 146 Å². The Hall–Kier alpha value is -2.59. The van der Waals surface area contributed by atoms with Crippen molar-refractivity contribution in [3.8, 4) is 0 Å². The first-order chi connectivity index (χ1) is 11.5. The Kier molecular flexibility index (Phi) is 4.67. The number of nitrogens with one attached hydrogen (secondary N) is 1. The first kappa shape index (κ1) is 16.3. The summed E-state index contributed by atoms with van der Waals surface area (Å²) in [7, 11) is 0. The fourth-order valence-corrected chi connectivity index (χ4v) is 2.82. The van der Waals surface area contributed by atoms with Crippen LogP contribution in [-0.4, -0.2) is 15.7 Å². The van der Waals surface area contributed by atoms with E-state index in [1.807, 2.05) is 61.5 Å². The molecule has 0 aliphatic rings. The second-order valence-electron chi connectivity index (χ2n) is 5.71. The van der Waals surface area contributed by atoms with Crippen molar-refractivity contribution in [2.24, 2.45) is 0 Å². The Morgan fingerprint density at radius 3 is 2.42 bits per heavy atom. The highest BCUT2D eigenvalue weighted by Gasteiger charge is 2.20. The number of carbonyl (C=O) groups is 1. The van der Waals surface area contributed by atoms with Gasteiger partial charge in [-0.2, -0.15) is 5.10 Å². The van der Waals surface area contributed by atoms with Crippen LogP contribution in [0.4, 0.5) is 5.69 Å². The van der Waals surface area contributed by atoms with Gasteiger partial charge in [0.2, 0.25) is 0 Å². The molecule has 122 valence electrons. The number of benzene rings is 2. The summed E-state index contributed by atoms with van der Waals surface area (Å²) in [5, 5.41) is 7.62. The summed E-state index contributed by atoms with van der Waals surface area (Å²) >= 11 is 6.41. The molecule has 1 heterocycles. The molecular weight excluding hydrogens is 322 g/mol. The van der Waals surface area contributed by atoms with Gasteiger partial charge < -0.3 is 5.32 Å². The van der Waals surface area contributed by atoms with E-state index >= 15 is 0 Å². The number of aromatic nitrogens is 2. The highest BCUT2D eigenvalue weighted by molar-refractivity contribution is 6.33. The van der Waals surface area contributed by atoms with Gasteiger partial charge in [0.05, 0.1) is 17.8 Å². The minimum absolute atomic E-state index is 0.249. The van der Waals surface area contributed by atoms with Gasteiger partial charge in [-0.05, 0) is 31.5 Å². The second kappa shape index (κ2) is 6.89. The number of hydrogen-bond donors (Lipinski definition) is 1. The van der Waals surface area contributed by atoms with Crippen LogP contribution in [0, 0.1) is 13.8 Å². The molecule has 5 heteroatoms. The molecule has 0 bridgehead atoms. The minimum Gasteiger partial charge on any atom is -0.322 e. The number of amides is 1. The summed E-state index contributed by atoms with van der Waals surface area (Å²) in [6.45, 7) is 4.32. The van der Waals surface area contributed by atoms with Crippen molar-refractivity contribution in [3.05, 3.63) is 82.1 Å². The summed E-state index contributed by atoms with van der Waals surface area (Å²) in [6.07, 6.45) is 0. The van der Waals surface area contributed by atoms with E-state index in [2.05, 4.69) is 10.4 Å². The molecular formula is C19H18ClN3O. The van der Waals surface area contributed by atoms with Crippen LogP contribution in [0.3, 0.4) is 0 Å². The Balaban J connectivity index is 1.83. The van der Waals surface area contributed by atoms with Crippen LogP contribution in [0.15, 0.2) is 54.6 Å². The summed E-state index contributed by atoms with van der Waals surface area (Å²) in [4.78, 5) is 12.6. The average Bonchev–Trinajstić information content (AvgIpc) is 2.84. The van der Waals surface area contributed by atoms with Crippen LogP contribution >= 0.6 is 11.6 Å². The number of hydrogen-bond acceptors (Lipinski definition) is 2. The third-order valence-corrected chi connectivity index (χ3v) is 4.16. The van der Waals surface area contributed by atoms with Gasteiger partial charge in [0.15, 0.2) is 0 Å². The van der Waals surface area contributed by atoms with Crippen molar-refractivity contribution in [2.45, 2.75) is 20.4 Å². The molecule has 3 rings (SSSR count).